The molecule has 1 aromatic heterocycles. The predicted molar refractivity (Wildman–Crippen MR) is 78.9 cm³/mol. The highest BCUT2D eigenvalue weighted by Crippen LogP contribution is 2.45. The second-order valence-corrected chi connectivity index (χ2v) is 5.12. The molecule has 0 spiro atoms. The largest absolute Gasteiger partial charge is 0.493 e. The number of carboxylic acid groups (broad SMARTS) is 1. The summed E-state index contributed by atoms with van der Waals surface area (Å²) in [6.45, 7) is 1.66. The van der Waals surface area contributed by atoms with Crippen LogP contribution in [0.2, 0.25) is 0 Å². The van der Waals surface area contributed by atoms with Crippen LogP contribution in [-0.2, 0) is 0 Å². The summed E-state index contributed by atoms with van der Waals surface area (Å²) in [7, 11) is 4.56. The third kappa shape index (κ3) is 2.64. The van der Waals surface area contributed by atoms with E-state index in [4.69, 9.17) is 19.3 Å². The number of hydrogen-bond acceptors (Lipinski definition) is 6. The number of ether oxygens (including phenoxy) is 3. The van der Waals surface area contributed by atoms with E-state index < -0.39 is 5.97 Å². The maximum atomic E-state index is 11.1. The van der Waals surface area contributed by atoms with Crippen molar-refractivity contribution in [2.45, 2.75) is 6.92 Å². The van der Waals surface area contributed by atoms with Gasteiger partial charge in [-0.3, -0.25) is 0 Å². The highest BCUT2D eigenvalue weighted by molar-refractivity contribution is 7.17. The van der Waals surface area contributed by atoms with Gasteiger partial charge in [-0.1, -0.05) is 0 Å². The van der Waals surface area contributed by atoms with Gasteiger partial charge in [0.1, 0.15) is 9.88 Å². The third-order valence-electron chi connectivity index (χ3n) is 2.93. The molecule has 0 amide bonds. The van der Waals surface area contributed by atoms with Crippen molar-refractivity contribution in [2.75, 3.05) is 21.3 Å². The molecule has 0 radical (unpaired) electrons. The molecule has 112 valence electrons. The molecule has 2 rings (SSSR count). The number of methoxy groups -OCH3 is 3. The number of aromatic nitrogens is 1. The van der Waals surface area contributed by atoms with Crippen LogP contribution in [0.5, 0.6) is 17.2 Å². The first kappa shape index (κ1) is 15.1. The number of carbonyl (C=O) groups is 1. The quantitative estimate of drug-likeness (QED) is 0.915. The zero-order valence-corrected chi connectivity index (χ0v) is 12.9. The molecular weight excluding hydrogens is 294 g/mol. The fourth-order valence-electron chi connectivity index (χ4n) is 1.98. The molecule has 1 aromatic carbocycles. The summed E-state index contributed by atoms with van der Waals surface area (Å²) in [5.41, 5.74) is 1.13. The van der Waals surface area contributed by atoms with Crippen LogP contribution < -0.4 is 14.2 Å². The maximum Gasteiger partial charge on any atom is 0.347 e. The van der Waals surface area contributed by atoms with E-state index in [1.165, 1.54) is 21.3 Å². The molecule has 1 N–H and O–H groups in total. The Morgan fingerprint density at radius 2 is 1.81 bits per heavy atom. The standard InChI is InChI=1S/C14H15NO5S/c1-7-12(14(16)17)21-13(15-7)8-5-6-9(18-2)11(20-4)10(8)19-3/h5-6H,1-4H3,(H,16,17). The lowest BCUT2D eigenvalue weighted by Gasteiger charge is -2.14. The molecule has 0 aliphatic carbocycles. The Bertz CT molecular complexity index is 680. The van der Waals surface area contributed by atoms with E-state index in [0.717, 1.165) is 11.3 Å². The molecule has 0 unspecified atom stereocenters. The van der Waals surface area contributed by atoms with Gasteiger partial charge in [0, 0.05) is 0 Å². The normalized spacial score (nSPS) is 10.3. The summed E-state index contributed by atoms with van der Waals surface area (Å²) in [5, 5.41) is 9.69. The Labute approximate surface area is 125 Å². The molecule has 0 saturated carbocycles. The SMILES string of the molecule is COc1ccc(-c2nc(C)c(C(=O)O)s2)c(OC)c1OC. The highest BCUT2D eigenvalue weighted by Gasteiger charge is 2.21. The van der Waals surface area contributed by atoms with Crippen molar-refractivity contribution in [1.82, 2.24) is 4.98 Å². The minimum Gasteiger partial charge on any atom is -0.493 e. The van der Waals surface area contributed by atoms with Gasteiger partial charge >= 0.3 is 5.97 Å². The summed E-state index contributed by atoms with van der Waals surface area (Å²) < 4.78 is 15.9. The number of aromatic carboxylic acids is 1. The third-order valence-corrected chi connectivity index (χ3v) is 4.10. The number of aryl methyl sites for hydroxylation is 1. The zero-order valence-electron chi connectivity index (χ0n) is 12.1. The minimum absolute atomic E-state index is 0.210. The lowest BCUT2D eigenvalue weighted by atomic mass is 10.1. The van der Waals surface area contributed by atoms with Crippen LogP contribution in [-0.4, -0.2) is 37.4 Å². The van der Waals surface area contributed by atoms with Crippen LogP contribution in [0, 0.1) is 6.92 Å². The van der Waals surface area contributed by atoms with Crippen molar-refractivity contribution in [3.8, 4) is 27.8 Å². The van der Waals surface area contributed by atoms with Crippen molar-refractivity contribution >= 4 is 17.3 Å². The summed E-state index contributed by atoms with van der Waals surface area (Å²) in [6, 6.07) is 3.50. The Balaban J connectivity index is 2.64. The van der Waals surface area contributed by atoms with Crippen molar-refractivity contribution < 1.29 is 24.1 Å². The molecule has 0 bridgehead atoms. The number of thiazole rings is 1. The number of nitrogens with zero attached hydrogens (tertiary/aromatic N) is 1. The average Bonchev–Trinajstić information content (AvgIpc) is 2.87. The second kappa shape index (κ2) is 6.01. The van der Waals surface area contributed by atoms with Crippen molar-refractivity contribution in [2.24, 2.45) is 0 Å². The van der Waals surface area contributed by atoms with E-state index in [9.17, 15) is 4.79 Å². The number of carboxylic acids is 1. The van der Waals surface area contributed by atoms with E-state index in [2.05, 4.69) is 4.98 Å². The first-order valence-corrected chi connectivity index (χ1v) is 6.85. The van der Waals surface area contributed by atoms with Crippen molar-refractivity contribution in [1.29, 1.82) is 0 Å². The van der Waals surface area contributed by atoms with Crippen LogP contribution in [0.3, 0.4) is 0 Å². The van der Waals surface area contributed by atoms with Gasteiger partial charge in [0.25, 0.3) is 0 Å². The molecular formula is C14H15NO5S. The number of rotatable bonds is 5. The summed E-state index contributed by atoms with van der Waals surface area (Å²) in [6.07, 6.45) is 0. The molecule has 1 heterocycles. The van der Waals surface area contributed by atoms with E-state index in [0.29, 0.717) is 33.5 Å². The van der Waals surface area contributed by atoms with Gasteiger partial charge < -0.3 is 19.3 Å². The van der Waals surface area contributed by atoms with Gasteiger partial charge in [-0.2, -0.15) is 0 Å². The van der Waals surface area contributed by atoms with Crippen molar-refractivity contribution in [3.63, 3.8) is 0 Å². The zero-order chi connectivity index (χ0) is 15.6. The van der Waals surface area contributed by atoms with Crippen LogP contribution >= 0.6 is 11.3 Å². The monoisotopic (exact) mass is 309 g/mol. The van der Waals surface area contributed by atoms with Crippen LogP contribution in [0.25, 0.3) is 10.6 Å². The maximum absolute atomic E-state index is 11.1. The van der Waals surface area contributed by atoms with Gasteiger partial charge in [-0.15, -0.1) is 11.3 Å². The molecule has 2 aromatic rings. The first-order valence-electron chi connectivity index (χ1n) is 6.03. The van der Waals surface area contributed by atoms with Gasteiger partial charge in [0.15, 0.2) is 11.5 Å². The lowest BCUT2D eigenvalue weighted by Crippen LogP contribution is -1.96. The summed E-state index contributed by atoms with van der Waals surface area (Å²) >= 11 is 1.10. The first-order chi connectivity index (χ1) is 10.0. The van der Waals surface area contributed by atoms with Gasteiger partial charge in [-0.25, -0.2) is 9.78 Å². The molecule has 21 heavy (non-hydrogen) atoms. The predicted octanol–water partition coefficient (Wildman–Crippen LogP) is 2.84. The molecule has 6 nitrogen and oxygen atoms in total. The van der Waals surface area contributed by atoms with Gasteiger partial charge in [-0.05, 0) is 19.1 Å². The molecule has 7 heteroatoms. The summed E-state index contributed by atoms with van der Waals surface area (Å²) in [4.78, 5) is 15.7. The minimum atomic E-state index is -0.990. The molecule has 0 aliphatic rings. The Morgan fingerprint density at radius 1 is 1.14 bits per heavy atom. The van der Waals surface area contributed by atoms with Crippen LogP contribution in [0.15, 0.2) is 12.1 Å². The fourth-order valence-corrected chi connectivity index (χ4v) is 2.91. The second-order valence-electron chi connectivity index (χ2n) is 4.12. The van der Waals surface area contributed by atoms with E-state index in [1.54, 1.807) is 19.1 Å². The van der Waals surface area contributed by atoms with Crippen molar-refractivity contribution in [3.05, 3.63) is 22.7 Å². The smallest absolute Gasteiger partial charge is 0.347 e. The topological polar surface area (TPSA) is 77.9 Å². The molecule has 0 saturated heterocycles. The summed E-state index contributed by atoms with van der Waals surface area (Å²) in [5.74, 6) is 0.449. The van der Waals surface area contributed by atoms with Gasteiger partial charge in [0.05, 0.1) is 32.6 Å². The highest BCUT2D eigenvalue weighted by atomic mass is 32.1. The molecule has 0 fully saturated rings. The van der Waals surface area contributed by atoms with E-state index >= 15 is 0 Å². The Kier molecular flexibility index (Phi) is 4.32. The lowest BCUT2D eigenvalue weighted by molar-refractivity contribution is 0.0701. The molecule has 0 aliphatic heterocycles. The fraction of sp³-hybridized carbons (Fsp3) is 0.286. The Morgan fingerprint density at radius 3 is 2.29 bits per heavy atom. The van der Waals surface area contributed by atoms with E-state index in [-0.39, 0.29) is 4.88 Å². The van der Waals surface area contributed by atoms with E-state index in [1.807, 2.05) is 0 Å². The Hall–Kier alpha value is -2.28. The number of hydrogen-bond donors (Lipinski definition) is 1. The van der Waals surface area contributed by atoms with Crippen LogP contribution in [0.4, 0.5) is 0 Å². The van der Waals surface area contributed by atoms with Crippen LogP contribution in [0.1, 0.15) is 15.4 Å². The average molecular weight is 309 g/mol. The number of benzene rings is 1. The van der Waals surface area contributed by atoms with Gasteiger partial charge in [0.2, 0.25) is 5.75 Å². The molecule has 0 atom stereocenters.